The summed E-state index contributed by atoms with van der Waals surface area (Å²) < 4.78 is 16.0. The van der Waals surface area contributed by atoms with Gasteiger partial charge in [-0.15, -0.1) is 0 Å². The summed E-state index contributed by atoms with van der Waals surface area (Å²) in [6, 6.07) is 6.52. The van der Waals surface area contributed by atoms with Gasteiger partial charge >= 0.3 is 0 Å². The van der Waals surface area contributed by atoms with E-state index in [1.165, 1.54) is 18.5 Å². The second-order valence-corrected chi connectivity index (χ2v) is 7.68. The van der Waals surface area contributed by atoms with E-state index in [-0.39, 0.29) is 30.1 Å². The Balaban J connectivity index is 1.25. The second-order valence-electron chi connectivity index (χ2n) is 7.68. The van der Waals surface area contributed by atoms with Crippen LogP contribution in [0.5, 0.6) is 5.75 Å². The molecule has 31 heavy (non-hydrogen) atoms. The fraction of sp³-hybridized carbons (Fsp3) is 0.381. The number of pyridine rings is 1. The molecular weight excluding hydrogens is 402 g/mol. The van der Waals surface area contributed by atoms with E-state index in [9.17, 15) is 9.59 Å². The van der Waals surface area contributed by atoms with Gasteiger partial charge < -0.3 is 24.0 Å². The Bertz CT molecular complexity index is 1080. The van der Waals surface area contributed by atoms with Gasteiger partial charge in [0, 0.05) is 30.8 Å². The van der Waals surface area contributed by atoms with Crippen LogP contribution in [0.2, 0.25) is 0 Å². The monoisotopic (exact) mass is 423 g/mol. The van der Waals surface area contributed by atoms with Crippen LogP contribution in [0, 0.1) is 0 Å². The standard InChI is InChI=1S/C21H21N5O5/c27-20(23-18-7-10-30-25-18)19-16(4-1-8-22-19)29-12-14-3-2-9-26(14)21(28)15-11-17(31-24-15)13-5-6-13/h1,4,7-8,10-11,13-14H,2-3,5-6,9,12H2,(H,23,25,27)/t14-/m1/s1. The summed E-state index contributed by atoms with van der Waals surface area (Å²) in [5.41, 5.74) is 0.467. The molecule has 10 nitrogen and oxygen atoms in total. The molecule has 1 N–H and O–H groups in total. The third-order valence-corrected chi connectivity index (χ3v) is 5.46. The molecule has 0 unspecified atom stereocenters. The predicted octanol–water partition coefficient (Wildman–Crippen LogP) is 2.87. The van der Waals surface area contributed by atoms with Crippen LogP contribution < -0.4 is 10.1 Å². The number of hydrogen-bond acceptors (Lipinski definition) is 8. The number of aromatic nitrogens is 3. The molecule has 2 amide bonds. The average molecular weight is 423 g/mol. The molecule has 1 saturated carbocycles. The van der Waals surface area contributed by atoms with E-state index in [0.29, 0.717) is 23.9 Å². The van der Waals surface area contributed by atoms with Crippen molar-refractivity contribution in [2.24, 2.45) is 0 Å². The number of nitrogens with one attached hydrogen (secondary N) is 1. The molecule has 1 saturated heterocycles. The quantitative estimate of drug-likeness (QED) is 0.615. The Morgan fingerprint density at radius 1 is 1.23 bits per heavy atom. The summed E-state index contributed by atoms with van der Waals surface area (Å²) in [5, 5.41) is 10.2. The number of ether oxygens (including phenoxy) is 1. The maximum absolute atomic E-state index is 12.9. The van der Waals surface area contributed by atoms with Crippen molar-refractivity contribution in [2.45, 2.75) is 37.6 Å². The Labute approximate surface area is 177 Å². The van der Waals surface area contributed by atoms with Gasteiger partial charge in [0.25, 0.3) is 11.8 Å². The van der Waals surface area contributed by atoms with Gasteiger partial charge in [-0.2, -0.15) is 0 Å². The van der Waals surface area contributed by atoms with Crippen molar-refractivity contribution in [1.82, 2.24) is 20.2 Å². The minimum absolute atomic E-state index is 0.125. The Morgan fingerprint density at radius 2 is 2.13 bits per heavy atom. The maximum atomic E-state index is 12.9. The molecule has 10 heteroatoms. The van der Waals surface area contributed by atoms with Crippen molar-refractivity contribution in [2.75, 3.05) is 18.5 Å². The van der Waals surface area contributed by atoms with Crippen molar-refractivity contribution in [1.29, 1.82) is 0 Å². The summed E-state index contributed by atoms with van der Waals surface area (Å²) >= 11 is 0. The lowest BCUT2D eigenvalue weighted by atomic mass is 10.2. The van der Waals surface area contributed by atoms with E-state index in [1.54, 1.807) is 23.1 Å². The molecule has 0 radical (unpaired) electrons. The number of carbonyl (C=O) groups is 2. The molecule has 2 aliphatic rings. The zero-order valence-electron chi connectivity index (χ0n) is 16.7. The van der Waals surface area contributed by atoms with Gasteiger partial charge in [-0.05, 0) is 37.8 Å². The van der Waals surface area contributed by atoms with Crippen LogP contribution in [0.3, 0.4) is 0 Å². The lowest BCUT2D eigenvalue weighted by Gasteiger charge is -2.24. The Hall–Kier alpha value is -3.69. The van der Waals surface area contributed by atoms with Crippen LogP contribution in [0.1, 0.15) is 58.3 Å². The number of hydrogen-bond donors (Lipinski definition) is 1. The van der Waals surface area contributed by atoms with E-state index in [4.69, 9.17) is 13.8 Å². The van der Waals surface area contributed by atoms with Crippen molar-refractivity contribution in [3.05, 3.63) is 53.9 Å². The minimum Gasteiger partial charge on any atom is -0.489 e. The number of carbonyl (C=O) groups excluding carboxylic acids is 2. The Kier molecular flexibility index (Phi) is 5.11. The van der Waals surface area contributed by atoms with E-state index < -0.39 is 5.91 Å². The van der Waals surface area contributed by atoms with Crippen molar-refractivity contribution >= 4 is 17.6 Å². The van der Waals surface area contributed by atoms with E-state index in [1.807, 2.05) is 0 Å². The maximum Gasteiger partial charge on any atom is 0.279 e. The highest BCUT2D eigenvalue weighted by molar-refractivity contribution is 6.04. The van der Waals surface area contributed by atoms with Gasteiger partial charge in [0.05, 0.1) is 6.04 Å². The Morgan fingerprint density at radius 3 is 2.94 bits per heavy atom. The lowest BCUT2D eigenvalue weighted by Crippen LogP contribution is -2.39. The van der Waals surface area contributed by atoms with Gasteiger partial charge in [-0.3, -0.25) is 9.59 Å². The summed E-state index contributed by atoms with van der Waals surface area (Å²) in [7, 11) is 0. The summed E-state index contributed by atoms with van der Waals surface area (Å²) in [6.07, 6.45) is 6.72. The molecule has 4 heterocycles. The normalized spacial score (nSPS) is 18.2. The number of amides is 2. The van der Waals surface area contributed by atoms with Crippen molar-refractivity contribution in [3.63, 3.8) is 0 Å². The van der Waals surface area contributed by atoms with Gasteiger partial charge in [0.15, 0.2) is 23.0 Å². The summed E-state index contributed by atoms with van der Waals surface area (Å²) in [5.74, 6) is 1.19. The highest BCUT2D eigenvalue weighted by Crippen LogP contribution is 2.40. The van der Waals surface area contributed by atoms with Crippen molar-refractivity contribution in [3.8, 4) is 5.75 Å². The average Bonchev–Trinajstić information content (AvgIpc) is 3.18. The third kappa shape index (κ3) is 4.14. The zero-order chi connectivity index (χ0) is 21.2. The van der Waals surface area contributed by atoms with Gasteiger partial charge in [-0.1, -0.05) is 10.3 Å². The number of anilines is 1. The summed E-state index contributed by atoms with van der Waals surface area (Å²) in [4.78, 5) is 31.4. The van der Waals surface area contributed by atoms with E-state index in [0.717, 1.165) is 31.4 Å². The molecular formula is C21H21N5O5. The summed E-state index contributed by atoms with van der Waals surface area (Å²) in [6.45, 7) is 0.875. The molecule has 2 fully saturated rings. The fourth-order valence-electron chi connectivity index (χ4n) is 3.69. The molecule has 5 rings (SSSR count). The van der Waals surface area contributed by atoms with E-state index >= 15 is 0 Å². The SMILES string of the molecule is O=C(Nc1ccon1)c1ncccc1OC[C@H]1CCCN1C(=O)c1cc(C2CC2)on1. The van der Waals surface area contributed by atoms with Crippen LogP contribution in [0.25, 0.3) is 0 Å². The molecule has 160 valence electrons. The molecule has 1 atom stereocenters. The molecule has 0 aromatic carbocycles. The van der Waals surface area contributed by atoms with Crippen LogP contribution in [0.4, 0.5) is 5.82 Å². The predicted molar refractivity (Wildman–Crippen MR) is 107 cm³/mol. The van der Waals surface area contributed by atoms with E-state index in [2.05, 4.69) is 20.6 Å². The van der Waals surface area contributed by atoms with Gasteiger partial charge in [0.2, 0.25) is 0 Å². The first kappa shape index (κ1) is 19.3. The molecule has 1 aliphatic carbocycles. The van der Waals surface area contributed by atoms with Crippen LogP contribution in [-0.2, 0) is 0 Å². The smallest absolute Gasteiger partial charge is 0.279 e. The van der Waals surface area contributed by atoms with Crippen LogP contribution in [0.15, 0.2) is 45.8 Å². The molecule has 3 aromatic heterocycles. The first-order valence-electron chi connectivity index (χ1n) is 10.3. The number of likely N-dealkylation sites (tertiary alicyclic amines) is 1. The first-order valence-corrected chi connectivity index (χ1v) is 10.3. The molecule has 3 aromatic rings. The second kappa shape index (κ2) is 8.21. The number of rotatable bonds is 7. The van der Waals surface area contributed by atoms with Crippen LogP contribution in [-0.4, -0.2) is 51.2 Å². The number of nitrogens with zero attached hydrogens (tertiary/aromatic N) is 4. The van der Waals surface area contributed by atoms with Gasteiger partial charge in [-0.25, -0.2) is 4.98 Å². The fourth-order valence-corrected chi connectivity index (χ4v) is 3.69. The highest BCUT2D eigenvalue weighted by atomic mass is 16.5. The first-order chi connectivity index (χ1) is 15.2. The highest BCUT2D eigenvalue weighted by Gasteiger charge is 2.34. The molecule has 1 aliphatic heterocycles. The molecule has 0 spiro atoms. The zero-order valence-corrected chi connectivity index (χ0v) is 16.7. The van der Waals surface area contributed by atoms with Crippen molar-refractivity contribution < 1.29 is 23.4 Å². The minimum atomic E-state index is -0.459. The largest absolute Gasteiger partial charge is 0.489 e. The molecule has 0 bridgehead atoms. The van der Waals surface area contributed by atoms with Gasteiger partial charge in [0.1, 0.15) is 18.6 Å². The topological polar surface area (TPSA) is 124 Å². The third-order valence-electron chi connectivity index (χ3n) is 5.46. The van der Waals surface area contributed by atoms with Crippen LogP contribution >= 0.6 is 0 Å². The lowest BCUT2D eigenvalue weighted by molar-refractivity contribution is 0.0679.